The third-order valence-electron chi connectivity index (χ3n) is 3.34. The van der Waals surface area contributed by atoms with E-state index in [2.05, 4.69) is 5.10 Å². The number of hydrogen-bond donors (Lipinski definition) is 0. The molecular formula is C17H13F3N2O. The number of ether oxygens (including phenoxy) is 1. The lowest BCUT2D eigenvalue weighted by Gasteiger charge is -2.12. The van der Waals surface area contributed by atoms with Crippen molar-refractivity contribution in [3.05, 3.63) is 72.1 Å². The van der Waals surface area contributed by atoms with Crippen LogP contribution in [0.2, 0.25) is 0 Å². The minimum Gasteiger partial charge on any atom is -0.453 e. The predicted octanol–water partition coefficient (Wildman–Crippen LogP) is 4.99. The average Bonchev–Trinajstić information content (AvgIpc) is 2.95. The van der Waals surface area contributed by atoms with Crippen molar-refractivity contribution in [2.45, 2.75) is 13.1 Å². The van der Waals surface area contributed by atoms with Crippen LogP contribution in [0.1, 0.15) is 11.1 Å². The lowest BCUT2D eigenvalue weighted by Crippen LogP contribution is -2.06. The fraction of sp³-hybridized carbons (Fsp3) is 0.118. The highest BCUT2D eigenvalue weighted by Gasteiger charge is 2.34. The van der Waals surface area contributed by atoms with Crippen molar-refractivity contribution in [2.75, 3.05) is 0 Å². The van der Waals surface area contributed by atoms with Crippen LogP contribution in [0.25, 0.3) is 5.69 Å². The molecule has 0 aliphatic heterocycles. The summed E-state index contributed by atoms with van der Waals surface area (Å²) in [6.07, 6.45) is -1.53. The molecule has 0 saturated carbocycles. The molecule has 0 spiro atoms. The van der Waals surface area contributed by atoms with Crippen LogP contribution in [-0.2, 0) is 6.18 Å². The van der Waals surface area contributed by atoms with E-state index in [0.29, 0.717) is 0 Å². The first-order valence-electron chi connectivity index (χ1n) is 6.90. The monoisotopic (exact) mass is 318 g/mol. The van der Waals surface area contributed by atoms with Crippen LogP contribution in [0, 0.1) is 6.92 Å². The summed E-state index contributed by atoms with van der Waals surface area (Å²) in [6.45, 7) is 1.93. The van der Waals surface area contributed by atoms with E-state index in [1.165, 1.54) is 24.4 Å². The quantitative estimate of drug-likeness (QED) is 0.680. The SMILES string of the molecule is Cc1ccccc1-n1cc(Oc2ccccc2C(F)(F)F)cn1. The fourth-order valence-electron chi connectivity index (χ4n) is 2.23. The molecular weight excluding hydrogens is 305 g/mol. The Kier molecular flexibility index (Phi) is 3.82. The van der Waals surface area contributed by atoms with Gasteiger partial charge in [0.1, 0.15) is 5.75 Å². The number of para-hydroxylation sites is 2. The highest BCUT2D eigenvalue weighted by molar-refractivity contribution is 5.42. The zero-order chi connectivity index (χ0) is 16.4. The second-order valence-electron chi connectivity index (χ2n) is 5.00. The van der Waals surface area contributed by atoms with Crippen LogP contribution in [0.15, 0.2) is 60.9 Å². The van der Waals surface area contributed by atoms with Gasteiger partial charge in [-0.25, -0.2) is 4.68 Å². The van der Waals surface area contributed by atoms with Crippen LogP contribution in [0.4, 0.5) is 13.2 Å². The maximum Gasteiger partial charge on any atom is 0.419 e. The standard InChI is InChI=1S/C17H13F3N2O/c1-12-6-2-4-8-15(12)22-11-13(10-21-22)23-16-9-5-3-7-14(16)17(18,19)20/h2-11H,1H3. The summed E-state index contributed by atoms with van der Waals surface area (Å²) in [5.74, 6) is -0.00529. The Hall–Kier alpha value is -2.76. The van der Waals surface area contributed by atoms with Crippen molar-refractivity contribution in [2.24, 2.45) is 0 Å². The molecule has 23 heavy (non-hydrogen) atoms. The van der Waals surface area contributed by atoms with Crippen LogP contribution in [0.5, 0.6) is 11.5 Å². The van der Waals surface area contributed by atoms with Gasteiger partial charge in [0, 0.05) is 0 Å². The molecule has 1 heterocycles. The van der Waals surface area contributed by atoms with Crippen molar-refractivity contribution in [1.29, 1.82) is 0 Å². The first-order chi connectivity index (χ1) is 10.9. The van der Waals surface area contributed by atoms with Crippen molar-refractivity contribution in [1.82, 2.24) is 9.78 Å². The zero-order valence-corrected chi connectivity index (χ0v) is 12.2. The molecule has 6 heteroatoms. The van der Waals surface area contributed by atoms with Gasteiger partial charge in [-0.3, -0.25) is 0 Å². The molecule has 1 aromatic heterocycles. The van der Waals surface area contributed by atoms with Gasteiger partial charge in [0.2, 0.25) is 0 Å². The molecule has 3 nitrogen and oxygen atoms in total. The Labute approximate surface area is 130 Å². The summed E-state index contributed by atoms with van der Waals surface area (Å²) >= 11 is 0. The molecule has 0 bridgehead atoms. The van der Waals surface area contributed by atoms with Gasteiger partial charge in [-0.15, -0.1) is 0 Å². The Balaban J connectivity index is 1.90. The first-order valence-corrected chi connectivity index (χ1v) is 6.90. The number of rotatable bonds is 3. The number of nitrogens with zero attached hydrogens (tertiary/aromatic N) is 2. The molecule has 0 saturated heterocycles. The molecule has 3 rings (SSSR count). The van der Waals surface area contributed by atoms with E-state index >= 15 is 0 Å². The summed E-state index contributed by atoms with van der Waals surface area (Å²) in [7, 11) is 0. The van der Waals surface area contributed by atoms with Gasteiger partial charge >= 0.3 is 6.18 Å². The Morgan fingerprint density at radius 1 is 1.00 bits per heavy atom. The molecule has 0 N–H and O–H groups in total. The van der Waals surface area contributed by atoms with Crippen molar-refractivity contribution < 1.29 is 17.9 Å². The molecule has 0 radical (unpaired) electrons. The predicted molar refractivity (Wildman–Crippen MR) is 79.8 cm³/mol. The minimum atomic E-state index is -4.47. The molecule has 0 aliphatic rings. The average molecular weight is 318 g/mol. The third-order valence-corrected chi connectivity index (χ3v) is 3.34. The van der Waals surface area contributed by atoms with Crippen molar-refractivity contribution >= 4 is 0 Å². The lowest BCUT2D eigenvalue weighted by molar-refractivity contribution is -0.138. The smallest absolute Gasteiger partial charge is 0.419 e. The van der Waals surface area contributed by atoms with E-state index in [1.54, 1.807) is 10.9 Å². The number of halogens is 3. The Morgan fingerprint density at radius 2 is 1.70 bits per heavy atom. The fourth-order valence-corrected chi connectivity index (χ4v) is 2.23. The lowest BCUT2D eigenvalue weighted by atomic mass is 10.2. The van der Waals surface area contributed by atoms with Gasteiger partial charge in [0.05, 0.1) is 23.6 Å². The van der Waals surface area contributed by atoms with Crippen molar-refractivity contribution in [3.63, 3.8) is 0 Å². The molecule has 0 unspecified atom stereocenters. The van der Waals surface area contributed by atoms with Gasteiger partial charge in [-0.2, -0.15) is 18.3 Å². The Bertz CT molecular complexity index is 824. The molecule has 2 aromatic carbocycles. The van der Waals surface area contributed by atoms with Gasteiger partial charge in [-0.05, 0) is 30.7 Å². The summed E-state index contributed by atoms with van der Waals surface area (Å²) in [6, 6.07) is 12.7. The van der Waals surface area contributed by atoms with Gasteiger partial charge in [0.15, 0.2) is 5.75 Å². The molecule has 118 valence electrons. The van der Waals surface area contributed by atoms with Crippen molar-refractivity contribution in [3.8, 4) is 17.2 Å². The minimum absolute atomic E-state index is 0.241. The molecule has 0 amide bonds. The van der Waals surface area contributed by atoms with E-state index in [1.807, 2.05) is 31.2 Å². The van der Waals surface area contributed by atoms with Crippen LogP contribution in [-0.4, -0.2) is 9.78 Å². The second-order valence-corrected chi connectivity index (χ2v) is 5.00. The number of aryl methyl sites for hydroxylation is 1. The number of alkyl halides is 3. The summed E-state index contributed by atoms with van der Waals surface area (Å²) in [4.78, 5) is 0. The molecule has 0 fully saturated rings. The Morgan fingerprint density at radius 3 is 2.43 bits per heavy atom. The summed E-state index contributed by atoms with van der Waals surface area (Å²) in [5, 5.41) is 4.15. The zero-order valence-electron chi connectivity index (χ0n) is 12.2. The van der Waals surface area contributed by atoms with E-state index in [9.17, 15) is 13.2 Å². The van der Waals surface area contributed by atoms with E-state index in [4.69, 9.17) is 4.74 Å². The van der Waals surface area contributed by atoms with Gasteiger partial charge in [-0.1, -0.05) is 30.3 Å². The molecule has 3 aromatic rings. The molecule has 0 atom stereocenters. The van der Waals surface area contributed by atoms with Crippen LogP contribution >= 0.6 is 0 Å². The maximum atomic E-state index is 13.0. The van der Waals surface area contributed by atoms with Gasteiger partial charge in [0.25, 0.3) is 0 Å². The second kappa shape index (κ2) is 5.79. The summed E-state index contributed by atoms with van der Waals surface area (Å²) < 4.78 is 45.9. The largest absolute Gasteiger partial charge is 0.453 e. The highest BCUT2D eigenvalue weighted by Crippen LogP contribution is 2.37. The molecule has 0 aliphatic carbocycles. The van der Waals surface area contributed by atoms with Crippen LogP contribution < -0.4 is 4.74 Å². The van der Waals surface area contributed by atoms with E-state index < -0.39 is 11.7 Å². The third kappa shape index (κ3) is 3.21. The summed E-state index contributed by atoms with van der Waals surface area (Å²) in [5.41, 5.74) is 1.02. The van der Waals surface area contributed by atoms with Crippen LogP contribution in [0.3, 0.4) is 0 Å². The first kappa shape index (κ1) is 15.1. The number of aromatic nitrogens is 2. The van der Waals surface area contributed by atoms with Gasteiger partial charge < -0.3 is 4.74 Å². The number of benzene rings is 2. The highest BCUT2D eigenvalue weighted by atomic mass is 19.4. The topological polar surface area (TPSA) is 27.1 Å². The number of hydrogen-bond acceptors (Lipinski definition) is 2. The normalized spacial score (nSPS) is 11.5. The maximum absolute atomic E-state index is 13.0. The van der Waals surface area contributed by atoms with E-state index in [-0.39, 0.29) is 11.5 Å². The van der Waals surface area contributed by atoms with E-state index in [0.717, 1.165) is 17.3 Å².